The molecule has 0 spiro atoms. The van der Waals surface area contributed by atoms with Crippen LogP contribution in [0.5, 0.6) is 0 Å². The first kappa shape index (κ1) is 13.5. The van der Waals surface area contributed by atoms with Crippen LogP contribution in [-0.2, 0) is 6.18 Å². The van der Waals surface area contributed by atoms with Crippen LogP contribution in [0.3, 0.4) is 0 Å². The van der Waals surface area contributed by atoms with Gasteiger partial charge < -0.3 is 0 Å². The van der Waals surface area contributed by atoms with Gasteiger partial charge in [0.15, 0.2) is 5.78 Å². The molecule has 0 bridgehead atoms. The third-order valence-corrected chi connectivity index (χ3v) is 2.77. The molecule has 0 aliphatic rings. The third-order valence-electron chi connectivity index (χ3n) is 1.92. The van der Waals surface area contributed by atoms with E-state index in [4.69, 9.17) is 11.6 Å². The van der Waals surface area contributed by atoms with E-state index in [9.17, 15) is 18.0 Å². The van der Waals surface area contributed by atoms with Crippen molar-refractivity contribution in [2.75, 3.05) is 0 Å². The van der Waals surface area contributed by atoms with E-state index in [1.54, 1.807) is 0 Å². The molecule has 0 fully saturated rings. The van der Waals surface area contributed by atoms with E-state index in [1.807, 2.05) is 0 Å². The average Bonchev–Trinajstić information content (AvgIpc) is 2.14. The standard InChI is InChI=1S/C10H7BrClF3O/c1-5(12)9(16)6-2-3-7(8(11)4-6)10(13,14)15/h2-5H,1H3. The van der Waals surface area contributed by atoms with Gasteiger partial charge in [-0.25, -0.2) is 0 Å². The number of hydrogen-bond donors (Lipinski definition) is 0. The fourth-order valence-electron chi connectivity index (χ4n) is 1.13. The molecule has 0 aliphatic carbocycles. The molecule has 1 atom stereocenters. The van der Waals surface area contributed by atoms with Gasteiger partial charge in [0, 0.05) is 10.0 Å². The van der Waals surface area contributed by atoms with Gasteiger partial charge in [0.25, 0.3) is 0 Å². The summed E-state index contributed by atoms with van der Waals surface area (Å²) in [5, 5.41) is -0.761. The van der Waals surface area contributed by atoms with E-state index >= 15 is 0 Å². The zero-order valence-electron chi connectivity index (χ0n) is 8.11. The normalized spacial score (nSPS) is 13.6. The lowest BCUT2D eigenvalue weighted by Gasteiger charge is -2.10. The van der Waals surface area contributed by atoms with Gasteiger partial charge in [-0.2, -0.15) is 13.2 Å². The van der Waals surface area contributed by atoms with Crippen LogP contribution in [0.2, 0.25) is 0 Å². The molecule has 0 amide bonds. The second kappa shape index (κ2) is 4.75. The maximum Gasteiger partial charge on any atom is 0.417 e. The van der Waals surface area contributed by atoms with Crippen LogP contribution >= 0.6 is 27.5 Å². The van der Waals surface area contributed by atoms with Crippen LogP contribution in [0, 0.1) is 0 Å². The van der Waals surface area contributed by atoms with Gasteiger partial charge in [-0.15, -0.1) is 11.6 Å². The summed E-state index contributed by atoms with van der Waals surface area (Å²) < 4.78 is 37.0. The second-order valence-corrected chi connectivity index (χ2v) is 4.68. The topological polar surface area (TPSA) is 17.1 Å². The molecule has 88 valence electrons. The largest absolute Gasteiger partial charge is 0.417 e. The first-order valence-corrected chi connectivity index (χ1v) is 5.51. The van der Waals surface area contributed by atoms with Gasteiger partial charge in [-0.1, -0.05) is 22.0 Å². The summed E-state index contributed by atoms with van der Waals surface area (Å²) >= 11 is 8.34. The molecule has 0 aliphatic heterocycles. The van der Waals surface area contributed by atoms with Crippen LogP contribution in [0.4, 0.5) is 13.2 Å². The molecule has 6 heteroatoms. The van der Waals surface area contributed by atoms with Crippen LogP contribution < -0.4 is 0 Å². The molecule has 0 heterocycles. The lowest BCUT2D eigenvalue weighted by atomic mass is 10.1. The molecule has 1 aromatic rings. The molecule has 0 radical (unpaired) electrons. The highest BCUT2D eigenvalue weighted by Gasteiger charge is 2.33. The number of benzene rings is 1. The maximum absolute atomic E-state index is 12.4. The monoisotopic (exact) mass is 314 g/mol. The minimum atomic E-state index is -4.44. The van der Waals surface area contributed by atoms with Crippen molar-refractivity contribution in [1.29, 1.82) is 0 Å². The van der Waals surface area contributed by atoms with Gasteiger partial charge in [0.2, 0.25) is 0 Å². The molecule has 1 unspecified atom stereocenters. The number of carbonyl (C=O) groups excluding carboxylic acids is 1. The Morgan fingerprint density at radius 2 is 2.00 bits per heavy atom. The minimum absolute atomic E-state index is 0.155. The summed E-state index contributed by atoms with van der Waals surface area (Å²) in [6.07, 6.45) is -4.44. The molecule has 1 nitrogen and oxygen atoms in total. The van der Waals surface area contributed by atoms with E-state index in [0.717, 1.165) is 18.2 Å². The fourth-order valence-corrected chi connectivity index (χ4v) is 1.86. The molecule has 0 saturated heterocycles. The van der Waals surface area contributed by atoms with E-state index in [1.165, 1.54) is 6.92 Å². The molecule has 0 aromatic heterocycles. The number of Topliss-reactive ketones (excluding diaryl/α,β-unsaturated/α-hetero) is 1. The lowest BCUT2D eigenvalue weighted by molar-refractivity contribution is -0.138. The highest BCUT2D eigenvalue weighted by Crippen LogP contribution is 2.35. The minimum Gasteiger partial charge on any atom is -0.293 e. The number of ketones is 1. The van der Waals surface area contributed by atoms with Crippen molar-refractivity contribution in [1.82, 2.24) is 0 Å². The quantitative estimate of drug-likeness (QED) is 0.588. The number of hydrogen-bond acceptors (Lipinski definition) is 1. The van der Waals surface area contributed by atoms with Crippen molar-refractivity contribution in [3.8, 4) is 0 Å². The van der Waals surface area contributed by atoms with Crippen LogP contribution in [0.15, 0.2) is 22.7 Å². The van der Waals surface area contributed by atoms with Crippen molar-refractivity contribution in [2.45, 2.75) is 18.5 Å². The summed E-state index contributed by atoms with van der Waals surface area (Å²) in [5.74, 6) is -0.406. The van der Waals surface area contributed by atoms with E-state index < -0.39 is 22.9 Å². The Balaban J connectivity index is 3.15. The fraction of sp³-hybridized carbons (Fsp3) is 0.300. The van der Waals surface area contributed by atoms with Gasteiger partial charge in [0.05, 0.1) is 10.9 Å². The van der Waals surface area contributed by atoms with Gasteiger partial charge in [0.1, 0.15) is 0 Å². The van der Waals surface area contributed by atoms with Crippen molar-refractivity contribution in [3.63, 3.8) is 0 Å². The summed E-state index contributed by atoms with van der Waals surface area (Å²) in [4.78, 5) is 11.4. The van der Waals surface area contributed by atoms with Gasteiger partial charge >= 0.3 is 6.18 Å². The number of carbonyl (C=O) groups is 1. The Labute approximate surface area is 104 Å². The Morgan fingerprint density at radius 1 is 1.44 bits per heavy atom. The van der Waals surface area contributed by atoms with Crippen molar-refractivity contribution in [2.24, 2.45) is 0 Å². The molecule has 1 rings (SSSR count). The summed E-state index contributed by atoms with van der Waals surface area (Å²) in [5.41, 5.74) is -0.659. The average molecular weight is 316 g/mol. The van der Waals surface area contributed by atoms with Crippen molar-refractivity contribution in [3.05, 3.63) is 33.8 Å². The highest BCUT2D eigenvalue weighted by molar-refractivity contribution is 9.10. The maximum atomic E-state index is 12.4. The predicted molar refractivity (Wildman–Crippen MR) is 58.8 cm³/mol. The van der Waals surface area contributed by atoms with Crippen molar-refractivity contribution < 1.29 is 18.0 Å². The van der Waals surface area contributed by atoms with E-state index in [-0.39, 0.29) is 10.0 Å². The van der Waals surface area contributed by atoms with Crippen LogP contribution in [0.25, 0.3) is 0 Å². The Kier molecular flexibility index (Phi) is 4.02. The summed E-state index contributed by atoms with van der Waals surface area (Å²) in [6.45, 7) is 1.47. The zero-order valence-corrected chi connectivity index (χ0v) is 10.4. The van der Waals surface area contributed by atoms with E-state index in [0.29, 0.717) is 0 Å². The zero-order chi connectivity index (χ0) is 12.5. The number of rotatable bonds is 2. The predicted octanol–water partition coefficient (Wildman–Crippen LogP) is 4.28. The second-order valence-electron chi connectivity index (χ2n) is 3.17. The highest BCUT2D eigenvalue weighted by atomic mass is 79.9. The summed E-state index contributed by atoms with van der Waals surface area (Å²) in [7, 11) is 0. The molecular formula is C10H7BrClF3O. The Hall–Kier alpha value is -0.550. The first-order chi connectivity index (χ1) is 7.23. The number of halogens is 5. The van der Waals surface area contributed by atoms with Crippen LogP contribution in [0.1, 0.15) is 22.8 Å². The van der Waals surface area contributed by atoms with Gasteiger partial charge in [-0.3, -0.25) is 4.79 Å². The number of alkyl halides is 4. The van der Waals surface area contributed by atoms with Crippen LogP contribution in [-0.4, -0.2) is 11.2 Å². The van der Waals surface area contributed by atoms with Gasteiger partial charge in [-0.05, 0) is 19.1 Å². The summed E-state index contributed by atoms with van der Waals surface area (Å²) in [6, 6.07) is 3.11. The Morgan fingerprint density at radius 3 is 2.38 bits per heavy atom. The molecule has 16 heavy (non-hydrogen) atoms. The van der Waals surface area contributed by atoms with E-state index in [2.05, 4.69) is 15.9 Å². The molecule has 0 N–H and O–H groups in total. The third kappa shape index (κ3) is 2.98. The lowest BCUT2D eigenvalue weighted by Crippen LogP contribution is -2.12. The SMILES string of the molecule is CC(Cl)C(=O)c1ccc(C(F)(F)F)c(Br)c1. The molecule has 1 aromatic carbocycles. The molecule has 0 saturated carbocycles. The molecular weight excluding hydrogens is 308 g/mol. The van der Waals surface area contributed by atoms with Crippen molar-refractivity contribution >= 4 is 33.3 Å². The Bertz CT molecular complexity index is 415. The first-order valence-electron chi connectivity index (χ1n) is 4.28. The smallest absolute Gasteiger partial charge is 0.293 e.